The van der Waals surface area contributed by atoms with Crippen molar-refractivity contribution in [3.05, 3.63) is 0 Å². The molecule has 0 N–H and O–H groups in total. The Kier molecular flexibility index (Phi) is 8.91. The van der Waals surface area contributed by atoms with Crippen molar-refractivity contribution in [1.29, 1.82) is 0 Å². The van der Waals surface area contributed by atoms with Gasteiger partial charge in [0.25, 0.3) is 0 Å². The van der Waals surface area contributed by atoms with E-state index in [9.17, 15) is 0 Å². The second kappa shape index (κ2) is 9.86. The Hall–Kier alpha value is 0.0169. The molecule has 1 aliphatic rings. The van der Waals surface area contributed by atoms with Crippen LogP contribution in [-0.4, -0.2) is 56.1 Å². The van der Waals surface area contributed by atoms with E-state index in [1.807, 2.05) is 0 Å². The molecule has 2 unspecified atom stereocenters. The average molecular weight is 306 g/mol. The van der Waals surface area contributed by atoms with Crippen molar-refractivity contribution < 1.29 is 22.8 Å². The van der Waals surface area contributed by atoms with E-state index in [0.29, 0.717) is 12.0 Å². The summed E-state index contributed by atoms with van der Waals surface area (Å²) in [4.78, 5) is 0. The van der Waals surface area contributed by atoms with Gasteiger partial charge in [-0.3, -0.25) is 0 Å². The Morgan fingerprint density at radius 3 is 2.25 bits per heavy atom. The van der Waals surface area contributed by atoms with E-state index >= 15 is 0 Å². The summed E-state index contributed by atoms with van der Waals surface area (Å²) in [5, 5.41) is 0. The molecule has 1 aliphatic heterocycles. The summed E-state index contributed by atoms with van der Waals surface area (Å²) >= 11 is 0. The van der Waals surface area contributed by atoms with Gasteiger partial charge >= 0.3 is 8.80 Å². The molecular formula is C14H30O5Si. The van der Waals surface area contributed by atoms with Crippen molar-refractivity contribution in [2.24, 2.45) is 5.92 Å². The number of rotatable bonds is 13. The highest BCUT2D eigenvalue weighted by Gasteiger charge is 2.37. The lowest BCUT2D eigenvalue weighted by atomic mass is 9.97. The average Bonchev–Trinajstić information content (AvgIpc) is 3.29. The first-order chi connectivity index (χ1) is 9.69. The maximum atomic E-state index is 5.64. The molecule has 0 aromatic carbocycles. The largest absolute Gasteiger partial charge is 0.500 e. The molecule has 0 spiro atoms. The lowest BCUT2D eigenvalue weighted by Crippen LogP contribution is -2.43. The van der Waals surface area contributed by atoms with Crippen molar-refractivity contribution in [2.75, 3.05) is 41.2 Å². The predicted molar refractivity (Wildman–Crippen MR) is 79.8 cm³/mol. The SMILES string of the molecule is CCCC(CCOCC1CO1)CC[Si](OC)(OC)OC. The van der Waals surface area contributed by atoms with E-state index in [2.05, 4.69) is 6.92 Å². The van der Waals surface area contributed by atoms with E-state index in [4.69, 9.17) is 22.8 Å². The number of ether oxygens (including phenoxy) is 2. The number of hydrogen-bond donors (Lipinski definition) is 0. The zero-order valence-corrected chi connectivity index (χ0v) is 14.4. The highest BCUT2D eigenvalue weighted by molar-refractivity contribution is 6.60. The Morgan fingerprint density at radius 2 is 1.75 bits per heavy atom. The van der Waals surface area contributed by atoms with E-state index in [0.717, 1.165) is 38.7 Å². The van der Waals surface area contributed by atoms with Crippen LogP contribution in [0.3, 0.4) is 0 Å². The fourth-order valence-corrected chi connectivity index (χ4v) is 4.28. The molecule has 5 nitrogen and oxygen atoms in total. The molecule has 20 heavy (non-hydrogen) atoms. The molecular weight excluding hydrogens is 276 g/mol. The summed E-state index contributed by atoms with van der Waals surface area (Å²) in [5.74, 6) is 0.646. The standard InChI is InChI=1S/C14H30O5Si/c1-5-6-13(7-9-18-11-14-12-19-14)8-10-20(15-2,16-3)17-4/h13-14H,5-12H2,1-4H3. The summed E-state index contributed by atoms with van der Waals surface area (Å²) in [7, 11) is 2.59. The van der Waals surface area contributed by atoms with E-state index in [1.165, 1.54) is 12.8 Å². The van der Waals surface area contributed by atoms with Crippen LogP contribution >= 0.6 is 0 Å². The van der Waals surface area contributed by atoms with E-state index in [1.54, 1.807) is 21.3 Å². The first kappa shape index (κ1) is 18.1. The molecule has 0 amide bonds. The molecule has 0 bridgehead atoms. The van der Waals surface area contributed by atoms with Gasteiger partial charge in [0, 0.05) is 34.0 Å². The third-order valence-electron chi connectivity index (χ3n) is 3.87. The Balaban J connectivity index is 2.24. The van der Waals surface area contributed by atoms with E-state index < -0.39 is 8.80 Å². The molecule has 6 heteroatoms. The molecule has 0 radical (unpaired) electrons. The van der Waals surface area contributed by atoms with Gasteiger partial charge in [0.1, 0.15) is 6.10 Å². The highest BCUT2D eigenvalue weighted by Crippen LogP contribution is 2.24. The Morgan fingerprint density at radius 1 is 1.10 bits per heavy atom. The minimum absolute atomic E-state index is 0.357. The Labute approximate surface area is 124 Å². The highest BCUT2D eigenvalue weighted by atomic mass is 28.4. The maximum Gasteiger partial charge on any atom is 0.500 e. The fourth-order valence-electron chi connectivity index (χ4n) is 2.41. The second-order valence-corrected chi connectivity index (χ2v) is 8.40. The van der Waals surface area contributed by atoms with Crippen molar-refractivity contribution in [1.82, 2.24) is 0 Å². The summed E-state index contributed by atoms with van der Waals surface area (Å²) in [5.41, 5.74) is 0. The third-order valence-corrected chi connectivity index (χ3v) is 6.63. The summed E-state index contributed by atoms with van der Waals surface area (Å²) in [6, 6.07) is 0.868. The third kappa shape index (κ3) is 6.65. The zero-order chi connectivity index (χ0) is 14.8. The zero-order valence-electron chi connectivity index (χ0n) is 13.4. The van der Waals surface area contributed by atoms with E-state index in [-0.39, 0.29) is 0 Å². The van der Waals surface area contributed by atoms with Gasteiger partial charge in [-0.15, -0.1) is 0 Å². The molecule has 0 aromatic heterocycles. The molecule has 0 saturated carbocycles. The summed E-state index contributed by atoms with van der Waals surface area (Å²) < 4.78 is 27.2. The van der Waals surface area contributed by atoms with Gasteiger partial charge in [0.15, 0.2) is 0 Å². The van der Waals surface area contributed by atoms with Gasteiger partial charge < -0.3 is 22.8 Å². The number of hydrogen-bond acceptors (Lipinski definition) is 5. The van der Waals surface area contributed by atoms with Crippen LogP contribution in [0.5, 0.6) is 0 Å². The van der Waals surface area contributed by atoms with Crippen LogP contribution in [-0.2, 0) is 22.8 Å². The second-order valence-electron chi connectivity index (χ2n) is 5.31. The quantitative estimate of drug-likeness (QED) is 0.297. The summed E-state index contributed by atoms with van der Waals surface area (Å²) in [6.07, 6.45) is 4.92. The van der Waals surface area contributed by atoms with Gasteiger partial charge in [0.05, 0.1) is 13.2 Å². The van der Waals surface area contributed by atoms with Crippen LogP contribution in [0.15, 0.2) is 0 Å². The van der Waals surface area contributed by atoms with Crippen LogP contribution in [0.25, 0.3) is 0 Å². The first-order valence-electron chi connectivity index (χ1n) is 7.54. The van der Waals surface area contributed by atoms with Gasteiger partial charge in [-0.05, 0) is 18.8 Å². The van der Waals surface area contributed by atoms with Gasteiger partial charge in [-0.2, -0.15) is 0 Å². The molecule has 0 aliphatic carbocycles. The molecule has 1 saturated heterocycles. The van der Waals surface area contributed by atoms with Crippen molar-refractivity contribution >= 4 is 8.80 Å². The van der Waals surface area contributed by atoms with Crippen molar-refractivity contribution in [3.8, 4) is 0 Å². The number of epoxide rings is 1. The maximum absolute atomic E-state index is 5.64. The normalized spacial score (nSPS) is 20.1. The van der Waals surface area contributed by atoms with Crippen LogP contribution in [0.4, 0.5) is 0 Å². The molecule has 1 fully saturated rings. The Bertz CT molecular complexity index is 235. The molecule has 120 valence electrons. The monoisotopic (exact) mass is 306 g/mol. The fraction of sp³-hybridized carbons (Fsp3) is 1.00. The van der Waals surface area contributed by atoms with Crippen LogP contribution in [0.2, 0.25) is 6.04 Å². The molecule has 1 heterocycles. The van der Waals surface area contributed by atoms with Crippen molar-refractivity contribution in [3.63, 3.8) is 0 Å². The topological polar surface area (TPSA) is 49.5 Å². The van der Waals surface area contributed by atoms with Crippen LogP contribution in [0.1, 0.15) is 32.6 Å². The van der Waals surface area contributed by atoms with Gasteiger partial charge in [0.2, 0.25) is 0 Å². The van der Waals surface area contributed by atoms with Crippen LogP contribution in [0, 0.1) is 5.92 Å². The predicted octanol–water partition coefficient (Wildman–Crippen LogP) is 2.48. The van der Waals surface area contributed by atoms with Gasteiger partial charge in [-0.1, -0.05) is 19.8 Å². The summed E-state index contributed by atoms with van der Waals surface area (Å²) in [6.45, 7) is 4.64. The molecule has 2 atom stereocenters. The van der Waals surface area contributed by atoms with Crippen LogP contribution < -0.4 is 0 Å². The van der Waals surface area contributed by atoms with Crippen molar-refractivity contribution in [2.45, 2.75) is 44.8 Å². The minimum Gasteiger partial charge on any atom is -0.379 e. The lowest BCUT2D eigenvalue weighted by molar-refractivity contribution is 0.0986. The molecule has 1 rings (SSSR count). The molecule has 0 aromatic rings. The van der Waals surface area contributed by atoms with Gasteiger partial charge in [-0.25, -0.2) is 0 Å². The lowest BCUT2D eigenvalue weighted by Gasteiger charge is -2.26. The first-order valence-corrected chi connectivity index (χ1v) is 9.47. The minimum atomic E-state index is -2.43. The smallest absolute Gasteiger partial charge is 0.379 e.